The summed E-state index contributed by atoms with van der Waals surface area (Å²) >= 11 is 5.92. The molecule has 1 fully saturated rings. The third-order valence-electron chi connectivity index (χ3n) is 4.70. The van der Waals surface area contributed by atoms with Crippen molar-refractivity contribution in [2.45, 2.75) is 25.9 Å². The third kappa shape index (κ3) is 4.30. The van der Waals surface area contributed by atoms with Crippen molar-refractivity contribution in [1.29, 1.82) is 0 Å². The van der Waals surface area contributed by atoms with E-state index >= 15 is 0 Å². The molecule has 1 saturated heterocycles. The summed E-state index contributed by atoms with van der Waals surface area (Å²) in [5.74, 6) is -1.43. The summed E-state index contributed by atoms with van der Waals surface area (Å²) in [5.41, 5.74) is 0.783. The quantitative estimate of drug-likeness (QED) is 0.778. The Kier molecular flexibility index (Phi) is 5.65. The molecule has 2 amide bonds. The monoisotopic (exact) mass is 410 g/mol. The number of alkyl halides is 3. The SMILES string of the molecule is CCc1ccc(N2C[C@@H](C(=O)Nc3cc(C(F)(F)F)ccc3Cl)CC2=O)cc1. The Hall–Kier alpha value is -2.54. The van der Waals surface area contributed by atoms with Crippen LogP contribution >= 0.6 is 11.6 Å². The number of carbonyl (C=O) groups is 2. The van der Waals surface area contributed by atoms with E-state index in [9.17, 15) is 22.8 Å². The Labute approximate surface area is 165 Å². The molecular formula is C20H18ClF3N2O2. The molecule has 0 spiro atoms. The molecule has 0 bridgehead atoms. The van der Waals surface area contributed by atoms with Crippen LogP contribution in [0.25, 0.3) is 0 Å². The van der Waals surface area contributed by atoms with Crippen LogP contribution in [-0.4, -0.2) is 18.4 Å². The summed E-state index contributed by atoms with van der Waals surface area (Å²) in [4.78, 5) is 26.4. The van der Waals surface area contributed by atoms with Gasteiger partial charge in [-0.1, -0.05) is 30.7 Å². The average molecular weight is 411 g/mol. The van der Waals surface area contributed by atoms with E-state index in [4.69, 9.17) is 11.6 Å². The van der Waals surface area contributed by atoms with Crippen LogP contribution in [0.2, 0.25) is 5.02 Å². The normalized spacial score (nSPS) is 17.1. The molecule has 0 saturated carbocycles. The van der Waals surface area contributed by atoms with Gasteiger partial charge in [0.1, 0.15) is 0 Å². The van der Waals surface area contributed by atoms with E-state index in [0.29, 0.717) is 5.69 Å². The van der Waals surface area contributed by atoms with Crippen molar-refractivity contribution in [1.82, 2.24) is 0 Å². The Morgan fingerprint density at radius 3 is 2.50 bits per heavy atom. The number of aryl methyl sites for hydroxylation is 1. The Bertz CT molecular complexity index is 897. The number of rotatable bonds is 4. The lowest BCUT2D eigenvalue weighted by Gasteiger charge is -2.17. The second-order valence-electron chi connectivity index (χ2n) is 6.61. The van der Waals surface area contributed by atoms with Gasteiger partial charge in [-0.05, 0) is 42.3 Å². The molecule has 2 aromatic rings. The van der Waals surface area contributed by atoms with Crippen molar-refractivity contribution in [2.75, 3.05) is 16.8 Å². The van der Waals surface area contributed by atoms with Crippen molar-refractivity contribution < 1.29 is 22.8 Å². The summed E-state index contributed by atoms with van der Waals surface area (Å²) in [6, 6.07) is 10.2. The van der Waals surface area contributed by atoms with Crippen molar-refractivity contribution in [3.05, 3.63) is 58.6 Å². The average Bonchev–Trinajstić information content (AvgIpc) is 3.04. The Morgan fingerprint density at radius 1 is 1.21 bits per heavy atom. The summed E-state index contributed by atoms with van der Waals surface area (Å²) in [6.45, 7) is 2.18. The van der Waals surface area contributed by atoms with Gasteiger partial charge in [0.05, 0.1) is 22.2 Å². The van der Waals surface area contributed by atoms with Crippen LogP contribution in [0.5, 0.6) is 0 Å². The van der Waals surface area contributed by atoms with Gasteiger partial charge in [0.2, 0.25) is 11.8 Å². The fourth-order valence-electron chi connectivity index (χ4n) is 3.08. The van der Waals surface area contributed by atoms with Crippen LogP contribution in [0.1, 0.15) is 24.5 Å². The molecule has 0 aromatic heterocycles. The van der Waals surface area contributed by atoms with Crippen LogP contribution in [0, 0.1) is 5.92 Å². The van der Waals surface area contributed by atoms with Crippen LogP contribution < -0.4 is 10.2 Å². The van der Waals surface area contributed by atoms with Gasteiger partial charge < -0.3 is 10.2 Å². The lowest BCUT2D eigenvalue weighted by atomic mass is 10.1. The molecule has 28 heavy (non-hydrogen) atoms. The first-order chi connectivity index (χ1) is 13.2. The molecular weight excluding hydrogens is 393 g/mol. The molecule has 2 aromatic carbocycles. The van der Waals surface area contributed by atoms with E-state index in [1.807, 2.05) is 31.2 Å². The maximum Gasteiger partial charge on any atom is 0.416 e. The maximum atomic E-state index is 12.9. The van der Waals surface area contributed by atoms with Gasteiger partial charge in [-0.25, -0.2) is 0 Å². The van der Waals surface area contributed by atoms with E-state index in [-0.39, 0.29) is 29.6 Å². The number of carbonyl (C=O) groups excluding carboxylic acids is 2. The fraction of sp³-hybridized carbons (Fsp3) is 0.300. The number of hydrogen-bond acceptors (Lipinski definition) is 2. The second-order valence-corrected chi connectivity index (χ2v) is 7.01. The predicted molar refractivity (Wildman–Crippen MR) is 101 cm³/mol. The Morgan fingerprint density at radius 2 is 1.89 bits per heavy atom. The molecule has 1 N–H and O–H groups in total. The van der Waals surface area contributed by atoms with Crippen LogP contribution in [0.4, 0.5) is 24.5 Å². The zero-order chi connectivity index (χ0) is 20.5. The van der Waals surface area contributed by atoms with Crippen molar-refractivity contribution >= 4 is 34.8 Å². The molecule has 1 aliphatic rings. The number of anilines is 2. The predicted octanol–water partition coefficient (Wildman–Crippen LogP) is 4.91. The Balaban J connectivity index is 1.73. The summed E-state index contributed by atoms with van der Waals surface area (Å²) in [7, 11) is 0. The highest BCUT2D eigenvalue weighted by atomic mass is 35.5. The first kappa shape index (κ1) is 20.2. The van der Waals surface area contributed by atoms with E-state index in [1.165, 1.54) is 4.90 Å². The topological polar surface area (TPSA) is 49.4 Å². The molecule has 1 aliphatic heterocycles. The van der Waals surface area contributed by atoms with Crippen molar-refractivity contribution in [2.24, 2.45) is 5.92 Å². The summed E-state index contributed by atoms with van der Waals surface area (Å²) in [6.07, 6.45) is -3.69. The van der Waals surface area contributed by atoms with Gasteiger partial charge in [-0.3, -0.25) is 9.59 Å². The highest BCUT2D eigenvalue weighted by Gasteiger charge is 2.36. The maximum absolute atomic E-state index is 12.9. The molecule has 8 heteroatoms. The first-order valence-electron chi connectivity index (χ1n) is 8.76. The van der Waals surface area contributed by atoms with Crippen molar-refractivity contribution in [3.8, 4) is 0 Å². The summed E-state index contributed by atoms with van der Waals surface area (Å²) < 4.78 is 38.6. The lowest BCUT2D eigenvalue weighted by molar-refractivity contribution is -0.137. The molecule has 0 unspecified atom stereocenters. The molecule has 3 rings (SSSR count). The smallest absolute Gasteiger partial charge is 0.324 e. The van der Waals surface area contributed by atoms with E-state index in [2.05, 4.69) is 5.32 Å². The van der Waals surface area contributed by atoms with E-state index < -0.39 is 23.6 Å². The van der Waals surface area contributed by atoms with Crippen LogP contribution in [0.15, 0.2) is 42.5 Å². The zero-order valence-electron chi connectivity index (χ0n) is 15.0. The second kappa shape index (κ2) is 7.83. The molecule has 0 aliphatic carbocycles. The fourth-order valence-corrected chi connectivity index (χ4v) is 3.24. The van der Waals surface area contributed by atoms with Gasteiger partial charge in [0.15, 0.2) is 0 Å². The minimum Gasteiger partial charge on any atom is -0.324 e. The molecule has 1 atom stereocenters. The molecule has 0 radical (unpaired) electrons. The minimum absolute atomic E-state index is 0.00214. The highest BCUT2D eigenvalue weighted by molar-refractivity contribution is 6.33. The van der Waals surface area contributed by atoms with Gasteiger partial charge in [-0.2, -0.15) is 13.2 Å². The number of nitrogens with zero attached hydrogens (tertiary/aromatic N) is 1. The number of benzene rings is 2. The number of nitrogens with one attached hydrogen (secondary N) is 1. The third-order valence-corrected chi connectivity index (χ3v) is 5.03. The summed E-state index contributed by atoms with van der Waals surface area (Å²) in [5, 5.41) is 2.42. The first-order valence-corrected chi connectivity index (χ1v) is 9.13. The van der Waals surface area contributed by atoms with Crippen LogP contribution in [0.3, 0.4) is 0 Å². The molecule has 1 heterocycles. The van der Waals surface area contributed by atoms with E-state index in [1.54, 1.807) is 0 Å². The van der Waals surface area contributed by atoms with Gasteiger partial charge in [0.25, 0.3) is 0 Å². The number of amides is 2. The highest BCUT2D eigenvalue weighted by Crippen LogP contribution is 2.34. The number of halogens is 4. The van der Waals surface area contributed by atoms with E-state index in [0.717, 1.165) is 30.2 Å². The number of hydrogen-bond donors (Lipinski definition) is 1. The zero-order valence-corrected chi connectivity index (χ0v) is 15.8. The lowest BCUT2D eigenvalue weighted by Crippen LogP contribution is -2.28. The standard InChI is InChI=1S/C20H18ClF3N2O2/c1-2-12-3-6-15(7-4-12)26-11-13(9-18(26)27)19(28)25-17-10-14(20(22,23)24)5-8-16(17)21/h3-8,10,13H,2,9,11H2,1H3,(H,25,28)/t13-/m0/s1. The van der Waals surface area contributed by atoms with Crippen molar-refractivity contribution in [3.63, 3.8) is 0 Å². The minimum atomic E-state index is -4.55. The molecule has 148 valence electrons. The van der Waals surface area contributed by atoms with Gasteiger partial charge in [-0.15, -0.1) is 0 Å². The largest absolute Gasteiger partial charge is 0.416 e. The van der Waals surface area contributed by atoms with Crippen LogP contribution in [-0.2, 0) is 22.2 Å². The van der Waals surface area contributed by atoms with Gasteiger partial charge >= 0.3 is 6.18 Å². The van der Waals surface area contributed by atoms with Gasteiger partial charge in [0, 0.05) is 18.7 Å². The molecule has 4 nitrogen and oxygen atoms in total.